The zero-order valence-electron chi connectivity index (χ0n) is 17.8. The van der Waals surface area contributed by atoms with E-state index in [1.165, 1.54) is 16.8 Å². The quantitative estimate of drug-likeness (QED) is 0.482. The van der Waals surface area contributed by atoms with Gasteiger partial charge in [0.25, 0.3) is 0 Å². The maximum atomic E-state index is 13.2. The zero-order chi connectivity index (χ0) is 21.4. The van der Waals surface area contributed by atoms with E-state index >= 15 is 0 Å². The largest absolute Gasteiger partial charge is 0.465 e. The van der Waals surface area contributed by atoms with E-state index in [2.05, 4.69) is 28.1 Å². The molecular weight excluding hydrogens is 398 g/mol. The fourth-order valence-electron chi connectivity index (χ4n) is 4.38. The number of Topliss-reactive ketones (excluding diaryl/α,β-unsaturated/α-hetero) is 1. The molecule has 1 aliphatic rings. The molecule has 4 rings (SSSR count). The molecule has 0 saturated carbocycles. The van der Waals surface area contributed by atoms with E-state index in [1.54, 1.807) is 25.2 Å². The third-order valence-corrected chi connectivity index (χ3v) is 7.39. The van der Waals surface area contributed by atoms with E-state index < -0.39 is 5.97 Å². The summed E-state index contributed by atoms with van der Waals surface area (Å²) in [6.45, 7) is 7.26. The predicted octanol–water partition coefficient (Wildman–Crippen LogP) is 4.48. The topological polar surface area (TPSA) is 75.3 Å². The first-order valence-corrected chi connectivity index (χ1v) is 11.1. The number of fused-ring (bicyclic) bond motifs is 1. The fraction of sp³-hybridized carbons (Fsp3) is 0.435. The number of aromatic nitrogens is 2. The van der Waals surface area contributed by atoms with E-state index in [-0.39, 0.29) is 11.8 Å². The number of H-pyrrole nitrogens is 1. The van der Waals surface area contributed by atoms with Gasteiger partial charge in [0.2, 0.25) is 0 Å². The van der Waals surface area contributed by atoms with Crippen LogP contribution in [0.4, 0.5) is 0 Å². The molecule has 30 heavy (non-hydrogen) atoms. The van der Waals surface area contributed by atoms with Crippen LogP contribution in [0, 0.1) is 13.8 Å². The highest BCUT2D eigenvalue weighted by Crippen LogP contribution is 2.34. The van der Waals surface area contributed by atoms with Gasteiger partial charge in [0.15, 0.2) is 5.78 Å². The van der Waals surface area contributed by atoms with Crippen molar-refractivity contribution >= 4 is 33.3 Å². The van der Waals surface area contributed by atoms with Gasteiger partial charge in [-0.05, 0) is 64.4 Å². The average molecular weight is 426 g/mol. The highest BCUT2D eigenvalue weighted by molar-refractivity contribution is 7.18. The first-order chi connectivity index (χ1) is 14.4. The van der Waals surface area contributed by atoms with Crippen molar-refractivity contribution in [3.8, 4) is 0 Å². The second-order valence-electron chi connectivity index (χ2n) is 7.99. The van der Waals surface area contributed by atoms with Crippen LogP contribution in [-0.4, -0.2) is 52.9 Å². The number of nitrogens with zero attached hydrogens (tertiary/aromatic N) is 2. The normalized spacial score (nSPS) is 16.7. The Kier molecular flexibility index (Phi) is 5.75. The molecule has 0 radical (unpaired) electrons. The number of benzene rings is 1. The molecule has 3 heterocycles. The molecular formula is C23H27N3O3S. The van der Waals surface area contributed by atoms with Gasteiger partial charge in [-0.1, -0.05) is 12.1 Å². The first kappa shape index (κ1) is 20.8. The maximum absolute atomic E-state index is 13.2. The van der Waals surface area contributed by atoms with Gasteiger partial charge in [-0.25, -0.2) is 9.78 Å². The molecule has 0 aliphatic carbocycles. The molecule has 3 aromatic rings. The van der Waals surface area contributed by atoms with Gasteiger partial charge in [0.05, 0.1) is 39.6 Å². The Morgan fingerprint density at radius 1 is 1.23 bits per heavy atom. The van der Waals surface area contributed by atoms with Crippen molar-refractivity contribution in [2.75, 3.05) is 20.2 Å². The van der Waals surface area contributed by atoms with Gasteiger partial charge < -0.3 is 9.72 Å². The van der Waals surface area contributed by atoms with Gasteiger partial charge >= 0.3 is 5.97 Å². The summed E-state index contributed by atoms with van der Waals surface area (Å²) in [5.41, 5.74) is 3.38. The van der Waals surface area contributed by atoms with Crippen molar-refractivity contribution in [3.05, 3.63) is 51.8 Å². The monoisotopic (exact) mass is 425 g/mol. The second kappa shape index (κ2) is 8.32. The molecule has 2 aromatic heterocycles. The Bertz CT molecular complexity index is 1060. The number of aryl methyl sites for hydroxylation is 1. The lowest BCUT2D eigenvalue weighted by Gasteiger charge is -2.34. The molecule has 1 aliphatic heterocycles. The summed E-state index contributed by atoms with van der Waals surface area (Å²) in [5.74, 6) is 0.0511. The summed E-state index contributed by atoms with van der Waals surface area (Å²) in [6, 6.07) is 8.02. The van der Waals surface area contributed by atoms with E-state index in [9.17, 15) is 9.59 Å². The third kappa shape index (κ3) is 3.68. The molecule has 0 amide bonds. The maximum Gasteiger partial charge on any atom is 0.339 e. The van der Waals surface area contributed by atoms with E-state index in [1.807, 2.05) is 13.0 Å². The summed E-state index contributed by atoms with van der Waals surface area (Å²) < 4.78 is 6.09. The molecule has 0 spiro atoms. The number of ether oxygens (including phenoxy) is 1. The number of piperidine rings is 1. The molecule has 1 atom stereocenters. The number of aromatic amines is 1. The highest BCUT2D eigenvalue weighted by atomic mass is 32.1. The van der Waals surface area contributed by atoms with E-state index in [0.717, 1.165) is 31.4 Å². The first-order valence-electron chi connectivity index (χ1n) is 10.3. The zero-order valence-corrected chi connectivity index (χ0v) is 18.6. The van der Waals surface area contributed by atoms with E-state index in [4.69, 9.17) is 9.72 Å². The second-order valence-corrected chi connectivity index (χ2v) is 9.05. The van der Waals surface area contributed by atoms with Crippen molar-refractivity contribution in [3.63, 3.8) is 0 Å². The predicted molar refractivity (Wildman–Crippen MR) is 119 cm³/mol. The number of nitrogens with one attached hydrogen (secondary N) is 1. The summed E-state index contributed by atoms with van der Waals surface area (Å²) in [6.07, 6.45) is 1.99. The summed E-state index contributed by atoms with van der Waals surface area (Å²) in [7, 11) is 1.36. The Morgan fingerprint density at radius 2 is 1.93 bits per heavy atom. The Balaban J connectivity index is 1.44. The minimum Gasteiger partial charge on any atom is -0.465 e. The summed E-state index contributed by atoms with van der Waals surface area (Å²) >= 11 is 1.78. The lowest BCUT2D eigenvalue weighted by Crippen LogP contribution is -2.43. The standard InChI is InChI=1S/C23H27N3O3S/c1-13-19(23(28)29-4)14(2)24-20(13)21(27)15(3)26-11-9-16(10-12-26)22-25-17-7-5-6-8-18(17)30-22/h5-8,15-16,24H,9-12H2,1-4H3. The molecule has 1 unspecified atom stereocenters. The molecule has 1 saturated heterocycles. The number of carbonyl (C=O) groups excluding carboxylic acids is 2. The van der Waals surface area contributed by atoms with Crippen molar-refractivity contribution in [2.24, 2.45) is 0 Å². The Labute approximate surface area is 180 Å². The highest BCUT2D eigenvalue weighted by Gasteiger charge is 2.31. The van der Waals surface area contributed by atoms with Crippen LogP contribution in [0.3, 0.4) is 0 Å². The van der Waals surface area contributed by atoms with Crippen LogP contribution >= 0.6 is 11.3 Å². The van der Waals surface area contributed by atoms with Crippen LogP contribution < -0.4 is 0 Å². The number of hydrogen-bond donors (Lipinski definition) is 1. The van der Waals surface area contributed by atoms with Crippen molar-refractivity contribution in [1.82, 2.24) is 14.9 Å². The van der Waals surface area contributed by atoms with Crippen LogP contribution in [0.2, 0.25) is 0 Å². The molecule has 1 N–H and O–H groups in total. The Hall–Kier alpha value is -2.51. The number of thiazole rings is 1. The number of rotatable bonds is 5. The number of ketones is 1. The smallest absolute Gasteiger partial charge is 0.339 e. The average Bonchev–Trinajstić information content (AvgIpc) is 3.33. The molecule has 6 nitrogen and oxygen atoms in total. The number of hydrogen-bond acceptors (Lipinski definition) is 6. The summed E-state index contributed by atoms with van der Waals surface area (Å²) in [5, 5.41) is 1.20. The minimum absolute atomic E-state index is 0.0178. The number of likely N-dealkylation sites (tertiary alicyclic amines) is 1. The number of esters is 1. The van der Waals surface area contributed by atoms with Crippen molar-refractivity contribution in [1.29, 1.82) is 0 Å². The van der Waals surface area contributed by atoms with Crippen LogP contribution in [0.1, 0.15) is 62.8 Å². The van der Waals surface area contributed by atoms with Gasteiger partial charge in [-0.15, -0.1) is 11.3 Å². The summed E-state index contributed by atoms with van der Waals surface area (Å²) in [4.78, 5) is 35.4. The van der Waals surface area contributed by atoms with Gasteiger partial charge in [-0.3, -0.25) is 9.69 Å². The molecule has 158 valence electrons. The number of methoxy groups -OCH3 is 1. The molecule has 1 aromatic carbocycles. The van der Waals surface area contributed by atoms with Crippen molar-refractivity contribution < 1.29 is 14.3 Å². The third-order valence-electron chi connectivity index (χ3n) is 6.19. The van der Waals surface area contributed by atoms with Gasteiger partial charge in [0.1, 0.15) is 0 Å². The van der Waals surface area contributed by atoms with Crippen LogP contribution in [0.25, 0.3) is 10.2 Å². The van der Waals surface area contributed by atoms with Gasteiger partial charge in [-0.2, -0.15) is 0 Å². The number of para-hydroxylation sites is 1. The van der Waals surface area contributed by atoms with E-state index in [0.29, 0.717) is 28.4 Å². The van der Waals surface area contributed by atoms with Gasteiger partial charge in [0, 0.05) is 11.6 Å². The van der Waals surface area contributed by atoms with Crippen LogP contribution in [0.15, 0.2) is 24.3 Å². The molecule has 7 heteroatoms. The van der Waals surface area contributed by atoms with Crippen LogP contribution in [-0.2, 0) is 4.74 Å². The van der Waals surface area contributed by atoms with Crippen molar-refractivity contribution in [2.45, 2.75) is 45.6 Å². The lowest BCUT2D eigenvalue weighted by molar-refractivity contribution is 0.0599. The number of carbonyl (C=O) groups is 2. The Morgan fingerprint density at radius 3 is 2.60 bits per heavy atom. The molecule has 0 bridgehead atoms. The fourth-order valence-corrected chi connectivity index (χ4v) is 5.51. The lowest BCUT2D eigenvalue weighted by atomic mass is 9.95. The minimum atomic E-state index is -0.412. The van der Waals surface area contributed by atoms with Crippen LogP contribution in [0.5, 0.6) is 0 Å². The SMILES string of the molecule is COC(=O)c1c(C)[nH]c(C(=O)C(C)N2CCC(c3nc4ccccc4s3)CC2)c1C. The molecule has 1 fully saturated rings.